The minimum atomic E-state index is 0.620. The third-order valence-electron chi connectivity index (χ3n) is 4.63. The van der Waals surface area contributed by atoms with Gasteiger partial charge in [-0.15, -0.1) is 0 Å². The minimum Gasteiger partial charge on any atom is -0.334 e. The number of hydrogen-bond donors (Lipinski definition) is 0. The molecule has 2 aromatic carbocycles. The van der Waals surface area contributed by atoms with Crippen molar-refractivity contribution in [3.8, 4) is 11.3 Å². The number of likely N-dealkylation sites (N-methyl/N-ethyl adjacent to an activating group) is 1. The molecule has 4 rings (SSSR count). The summed E-state index contributed by atoms with van der Waals surface area (Å²) in [6.07, 6.45) is 0.998. The second-order valence-corrected chi connectivity index (χ2v) is 7.17. The standard InChI is InChI=1S/C19H18Cl2N2/c1-22(2)10-9-15-14-7-8-16(20)17(21)19(14)23-11-12-5-3-4-6-13(12)18(15)23/h3-8H,9-11H2,1-2H3. The Hall–Kier alpha value is -1.48. The maximum Gasteiger partial charge on any atom is 0.0835 e. The molecule has 1 aliphatic heterocycles. The first kappa shape index (κ1) is 15.1. The largest absolute Gasteiger partial charge is 0.334 e. The van der Waals surface area contributed by atoms with E-state index in [1.54, 1.807) is 0 Å². The van der Waals surface area contributed by atoms with Gasteiger partial charge in [-0.05, 0) is 37.7 Å². The van der Waals surface area contributed by atoms with Crippen LogP contribution in [0.25, 0.3) is 22.2 Å². The second kappa shape index (κ2) is 5.55. The Morgan fingerprint density at radius 2 is 1.87 bits per heavy atom. The summed E-state index contributed by atoms with van der Waals surface area (Å²) in [4.78, 5) is 2.22. The van der Waals surface area contributed by atoms with E-state index in [1.807, 2.05) is 6.07 Å². The van der Waals surface area contributed by atoms with Crippen LogP contribution >= 0.6 is 23.2 Å². The van der Waals surface area contributed by atoms with Crippen LogP contribution < -0.4 is 0 Å². The Kier molecular flexibility index (Phi) is 3.64. The van der Waals surface area contributed by atoms with Crippen LogP contribution in [0.2, 0.25) is 10.0 Å². The van der Waals surface area contributed by atoms with Gasteiger partial charge >= 0.3 is 0 Å². The highest BCUT2D eigenvalue weighted by molar-refractivity contribution is 6.45. The van der Waals surface area contributed by atoms with Gasteiger partial charge in [0.2, 0.25) is 0 Å². The summed E-state index contributed by atoms with van der Waals surface area (Å²) < 4.78 is 2.33. The minimum absolute atomic E-state index is 0.620. The molecule has 0 amide bonds. The molecule has 1 aromatic heterocycles. The molecule has 0 fully saturated rings. The predicted molar refractivity (Wildman–Crippen MR) is 98.8 cm³/mol. The summed E-state index contributed by atoms with van der Waals surface area (Å²) in [5.74, 6) is 0. The van der Waals surface area contributed by atoms with Gasteiger partial charge in [0, 0.05) is 24.0 Å². The van der Waals surface area contributed by atoms with Crippen LogP contribution in [0, 0.1) is 0 Å². The fourth-order valence-corrected chi connectivity index (χ4v) is 3.98. The van der Waals surface area contributed by atoms with Gasteiger partial charge in [-0.1, -0.05) is 53.5 Å². The van der Waals surface area contributed by atoms with Gasteiger partial charge in [0.25, 0.3) is 0 Å². The number of nitrogens with zero attached hydrogens (tertiary/aromatic N) is 2. The lowest BCUT2D eigenvalue weighted by Gasteiger charge is -2.10. The first-order valence-corrected chi connectivity index (χ1v) is 8.55. The van der Waals surface area contributed by atoms with Crippen molar-refractivity contribution in [3.63, 3.8) is 0 Å². The van der Waals surface area contributed by atoms with Crippen molar-refractivity contribution < 1.29 is 0 Å². The average Bonchev–Trinajstić information content (AvgIpc) is 3.03. The lowest BCUT2D eigenvalue weighted by atomic mass is 10.00. The highest BCUT2D eigenvalue weighted by Crippen LogP contribution is 2.44. The van der Waals surface area contributed by atoms with Crippen LogP contribution in [-0.4, -0.2) is 30.1 Å². The molecule has 0 saturated carbocycles. The number of benzene rings is 2. The molecule has 0 radical (unpaired) electrons. The van der Waals surface area contributed by atoms with Crippen LogP contribution in [-0.2, 0) is 13.0 Å². The van der Waals surface area contributed by atoms with E-state index in [4.69, 9.17) is 23.2 Å². The van der Waals surface area contributed by atoms with Crippen molar-refractivity contribution in [2.75, 3.05) is 20.6 Å². The Morgan fingerprint density at radius 1 is 1.09 bits per heavy atom. The quantitative estimate of drug-likeness (QED) is 0.503. The van der Waals surface area contributed by atoms with Crippen LogP contribution in [0.1, 0.15) is 11.1 Å². The van der Waals surface area contributed by atoms with Crippen LogP contribution in [0.5, 0.6) is 0 Å². The molecule has 0 aliphatic carbocycles. The van der Waals surface area contributed by atoms with E-state index in [1.165, 1.54) is 27.8 Å². The smallest absolute Gasteiger partial charge is 0.0835 e. The van der Waals surface area contributed by atoms with E-state index in [2.05, 4.69) is 53.9 Å². The maximum atomic E-state index is 6.57. The summed E-state index contributed by atoms with van der Waals surface area (Å²) >= 11 is 12.8. The Bertz CT molecular complexity index is 909. The molecule has 23 heavy (non-hydrogen) atoms. The normalized spacial score (nSPS) is 12.9. The van der Waals surface area contributed by atoms with E-state index >= 15 is 0 Å². The molecule has 0 spiro atoms. The number of halogens is 2. The van der Waals surface area contributed by atoms with Crippen molar-refractivity contribution in [2.45, 2.75) is 13.0 Å². The number of hydrogen-bond acceptors (Lipinski definition) is 1. The zero-order valence-electron chi connectivity index (χ0n) is 13.2. The average molecular weight is 345 g/mol. The fourth-order valence-electron chi connectivity index (χ4n) is 3.56. The van der Waals surface area contributed by atoms with Gasteiger partial charge in [-0.25, -0.2) is 0 Å². The lowest BCUT2D eigenvalue weighted by Crippen LogP contribution is -2.15. The summed E-state index contributed by atoms with van der Waals surface area (Å²) in [6.45, 7) is 1.87. The van der Waals surface area contributed by atoms with Crippen LogP contribution in [0.15, 0.2) is 36.4 Å². The maximum absolute atomic E-state index is 6.57. The van der Waals surface area contributed by atoms with E-state index in [-0.39, 0.29) is 0 Å². The molecule has 118 valence electrons. The first-order valence-electron chi connectivity index (χ1n) is 7.80. The van der Waals surface area contributed by atoms with Crippen LogP contribution in [0.3, 0.4) is 0 Å². The molecule has 3 aromatic rings. The van der Waals surface area contributed by atoms with E-state index in [0.29, 0.717) is 10.0 Å². The zero-order chi connectivity index (χ0) is 16.1. The lowest BCUT2D eigenvalue weighted by molar-refractivity contribution is 0.414. The van der Waals surface area contributed by atoms with Crippen molar-refractivity contribution >= 4 is 34.1 Å². The van der Waals surface area contributed by atoms with E-state index in [9.17, 15) is 0 Å². The predicted octanol–water partition coefficient (Wildman–Crippen LogP) is 5.08. The molecule has 0 bridgehead atoms. The molecular weight excluding hydrogens is 327 g/mol. The summed E-state index contributed by atoms with van der Waals surface area (Å²) in [5, 5.41) is 2.51. The first-order chi connectivity index (χ1) is 11.1. The summed E-state index contributed by atoms with van der Waals surface area (Å²) in [5.41, 5.74) is 6.43. The van der Waals surface area contributed by atoms with Gasteiger partial charge in [-0.3, -0.25) is 0 Å². The Morgan fingerprint density at radius 3 is 2.65 bits per heavy atom. The third-order valence-corrected chi connectivity index (χ3v) is 5.42. The Balaban J connectivity index is 2.02. The monoisotopic (exact) mass is 344 g/mol. The summed E-state index contributed by atoms with van der Waals surface area (Å²) in [6, 6.07) is 12.6. The zero-order valence-corrected chi connectivity index (χ0v) is 14.7. The van der Waals surface area contributed by atoms with E-state index in [0.717, 1.165) is 25.0 Å². The highest BCUT2D eigenvalue weighted by Gasteiger charge is 2.27. The van der Waals surface area contributed by atoms with Crippen molar-refractivity contribution in [1.82, 2.24) is 9.47 Å². The molecule has 4 heteroatoms. The van der Waals surface area contributed by atoms with Crippen LogP contribution in [0.4, 0.5) is 0 Å². The van der Waals surface area contributed by atoms with Gasteiger partial charge in [0.1, 0.15) is 0 Å². The number of rotatable bonds is 3. The molecule has 0 atom stereocenters. The molecule has 1 aliphatic rings. The van der Waals surface area contributed by atoms with E-state index < -0.39 is 0 Å². The molecule has 2 nitrogen and oxygen atoms in total. The fraction of sp³-hybridized carbons (Fsp3) is 0.263. The molecule has 0 unspecified atom stereocenters. The SMILES string of the molecule is CN(C)CCc1c2n(c3c(Cl)c(Cl)ccc13)Cc1ccccc1-2. The Labute approximate surface area is 146 Å². The van der Waals surface area contributed by atoms with Gasteiger partial charge in [-0.2, -0.15) is 0 Å². The molecule has 0 saturated heterocycles. The number of fused-ring (bicyclic) bond motifs is 5. The van der Waals surface area contributed by atoms with Gasteiger partial charge in [0.15, 0.2) is 0 Å². The highest BCUT2D eigenvalue weighted by atomic mass is 35.5. The molecule has 0 N–H and O–H groups in total. The van der Waals surface area contributed by atoms with Crippen molar-refractivity contribution in [3.05, 3.63) is 57.6 Å². The van der Waals surface area contributed by atoms with Gasteiger partial charge < -0.3 is 9.47 Å². The molecule has 2 heterocycles. The number of aromatic nitrogens is 1. The topological polar surface area (TPSA) is 8.17 Å². The molecular formula is C19H18Cl2N2. The third kappa shape index (κ3) is 2.28. The van der Waals surface area contributed by atoms with Crippen molar-refractivity contribution in [1.29, 1.82) is 0 Å². The summed E-state index contributed by atoms with van der Waals surface area (Å²) in [7, 11) is 4.21. The van der Waals surface area contributed by atoms with Gasteiger partial charge in [0.05, 0.1) is 21.3 Å². The second-order valence-electron chi connectivity index (χ2n) is 6.38. The van der Waals surface area contributed by atoms with Crippen molar-refractivity contribution in [2.24, 2.45) is 0 Å².